The number of aromatic nitrogens is 1. The number of hydrogen-bond donors (Lipinski definition) is 0. The van der Waals surface area contributed by atoms with Gasteiger partial charge in [0.05, 0.1) is 5.51 Å². The summed E-state index contributed by atoms with van der Waals surface area (Å²) in [6.45, 7) is 9.72. The SMILES string of the molecule is Cc1c(O[C@@]2(C)CCN(Cc3ccccc3)C2)cc(F)c(S(=O)(=O)N(C(=O)OC(C)(C)C)c2cscn2)c1F. The molecule has 0 bridgehead atoms. The normalized spacial score (nSPS) is 18.2. The Morgan fingerprint density at radius 2 is 1.92 bits per heavy atom. The monoisotopic (exact) mass is 579 g/mol. The molecule has 4 rings (SSSR count). The van der Waals surface area contributed by atoms with Crippen LogP contribution in [0.1, 0.15) is 45.2 Å². The molecule has 0 unspecified atom stereocenters. The first-order valence-corrected chi connectivity index (χ1v) is 14.7. The largest absolute Gasteiger partial charge is 0.486 e. The molecular formula is C27H31F2N3O5S2. The van der Waals surface area contributed by atoms with Gasteiger partial charge in [0, 0.05) is 43.1 Å². The van der Waals surface area contributed by atoms with Gasteiger partial charge in [-0.1, -0.05) is 30.3 Å². The molecule has 1 aromatic heterocycles. The molecule has 0 spiro atoms. The van der Waals surface area contributed by atoms with Crippen molar-refractivity contribution in [3.05, 3.63) is 70.1 Å². The van der Waals surface area contributed by atoms with E-state index in [1.807, 2.05) is 37.3 Å². The number of thiazole rings is 1. The number of nitrogens with zero attached hydrogens (tertiary/aromatic N) is 3. The van der Waals surface area contributed by atoms with E-state index >= 15 is 8.78 Å². The number of rotatable bonds is 7. The highest BCUT2D eigenvalue weighted by Gasteiger charge is 2.42. The molecule has 1 fully saturated rings. The van der Waals surface area contributed by atoms with Crippen molar-refractivity contribution in [2.24, 2.45) is 0 Å². The van der Waals surface area contributed by atoms with Gasteiger partial charge in [-0.3, -0.25) is 4.90 Å². The van der Waals surface area contributed by atoms with Crippen molar-refractivity contribution in [3.63, 3.8) is 0 Å². The molecule has 1 atom stereocenters. The van der Waals surface area contributed by atoms with Crippen LogP contribution in [0.15, 0.2) is 52.2 Å². The fourth-order valence-electron chi connectivity index (χ4n) is 4.38. The average molecular weight is 580 g/mol. The zero-order valence-corrected chi connectivity index (χ0v) is 24.0. The van der Waals surface area contributed by atoms with E-state index in [9.17, 15) is 13.2 Å². The summed E-state index contributed by atoms with van der Waals surface area (Å²) in [5.74, 6) is -3.18. The Bertz CT molecular complexity index is 1440. The van der Waals surface area contributed by atoms with Crippen LogP contribution >= 0.6 is 11.3 Å². The number of sulfonamides is 1. The van der Waals surface area contributed by atoms with Crippen LogP contribution in [0, 0.1) is 18.6 Å². The molecule has 39 heavy (non-hydrogen) atoms. The number of likely N-dealkylation sites (tertiary alicyclic amines) is 1. The first-order valence-electron chi connectivity index (χ1n) is 12.3. The van der Waals surface area contributed by atoms with Crippen LogP contribution in [0.5, 0.6) is 5.75 Å². The van der Waals surface area contributed by atoms with E-state index in [-0.39, 0.29) is 21.4 Å². The Kier molecular flexibility index (Phi) is 8.02. The first-order chi connectivity index (χ1) is 18.2. The number of ether oxygens (including phenoxy) is 2. The quantitative estimate of drug-likeness (QED) is 0.344. The van der Waals surface area contributed by atoms with E-state index in [4.69, 9.17) is 9.47 Å². The second-order valence-corrected chi connectivity index (χ2v) is 13.2. The van der Waals surface area contributed by atoms with E-state index in [1.165, 1.54) is 17.8 Å². The predicted octanol–water partition coefficient (Wildman–Crippen LogP) is 5.90. The van der Waals surface area contributed by atoms with Crippen molar-refractivity contribution in [2.45, 2.75) is 63.7 Å². The van der Waals surface area contributed by atoms with Gasteiger partial charge < -0.3 is 9.47 Å². The molecule has 3 aromatic rings. The van der Waals surface area contributed by atoms with Gasteiger partial charge in [-0.05, 0) is 40.2 Å². The number of amides is 1. The zero-order valence-electron chi connectivity index (χ0n) is 22.4. The summed E-state index contributed by atoms with van der Waals surface area (Å²) in [6.07, 6.45) is -0.721. The van der Waals surface area contributed by atoms with Gasteiger partial charge in [-0.2, -0.15) is 0 Å². The lowest BCUT2D eigenvalue weighted by Crippen LogP contribution is -2.42. The minimum absolute atomic E-state index is 0.106. The number of benzene rings is 2. The molecule has 0 radical (unpaired) electrons. The standard InChI is InChI=1S/C27H31F2N3O5S2/c1-18-21(36-27(5)11-12-31(16-27)14-19-9-7-6-8-10-19)13-20(28)24(23(18)29)39(34,35)32(22-15-38-17-30-22)25(33)37-26(2,3)4/h6-10,13,15,17H,11-12,14,16H2,1-5H3/t27-/m0/s1. The third-order valence-electron chi connectivity index (χ3n) is 6.18. The van der Waals surface area contributed by atoms with E-state index < -0.39 is 43.8 Å². The maximum atomic E-state index is 15.7. The molecule has 0 saturated carbocycles. The molecule has 2 aromatic carbocycles. The Hall–Kier alpha value is -3.09. The lowest BCUT2D eigenvalue weighted by Gasteiger charge is -2.28. The molecule has 1 aliphatic heterocycles. The minimum atomic E-state index is -5.09. The lowest BCUT2D eigenvalue weighted by atomic mass is 10.1. The van der Waals surface area contributed by atoms with Crippen LogP contribution in [0.25, 0.3) is 0 Å². The maximum absolute atomic E-state index is 15.7. The third kappa shape index (κ3) is 6.39. The fraction of sp³-hybridized carbons (Fsp3) is 0.407. The van der Waals surface area contributed by atoms with Gasteiger partial charge in [0.25, 0.3) is 10.0 Å². The van der Waals surface area contributed by atoms with Gasteiger partial charge >= 0.3 is 6.09 Å². The molecule has 210 valence electrons. The van der Waals surface area contributed by atoms with Gasteiger partial charge in [0.15, 0.2) is 16.5 Å². The van der Waals surface area contributed by atoms with Crippen LogP contribution in [0.4, 0.5) is 19.4 Å². The van der Waals surface area contributed by atoms with Crippen molar-refractivity contribution in [3.8, 4) is 5.75 Å². The Labute approximate surface area is 231 Å². The predicted molar refractivity (Wildman–Crippen MR) is 144 cm³/mol. The molecule has 0 N–H and O–H groups in total. The van der Waals surface area contributed by atoms with Crippen LogP contribution in [-0.4, -0.2) is 48.7 Å². The fourth-order valence-corrected chi connectivity index (χ4v) is 6.41. The summed E-state index contributed by atoms with van der Waals surface area (Å²) in [7, 11) is -5.09. The van der Waals surface area contributed by atoms with Crippen LogP contribution < -0.4 is 9.04 Å². The molecule has 1 saturated heterocycles. The van der Waals surface area contributed by atoms with Gasteiger partial charge in [0.2, 0.25) is 0 Å². The molecule has 12 heteroatoms. The van der Waals surface area contributed by atoms with E-state index in [0.717, 1.165) is 29.5 Å². The topological polar surface area (TPSA) is 89.0 Å². The summed E-state index contributed by atoms with van der Waals surface area (Å²) >= 11 is 1.01. The lowest BCUT2D eigenvalue weighted by molar-refractivity contribution is 0.0608. The van der Waals surface area contributed by atoms with Crippen molar-refractivity contribution >= 4 is 33.3 Å². The Balaban J connectivity index is 1.63. The number of halogens is 2. The summed E-state index contributed by atoms with van der Waals surface area (Å²) in [6, 6.07) is 10.8. The number of anilines is 1. The van der Waals surface area contributed by atoms with Crippen LogP contribution in [-0.2, 0) is 21.3 Å². The van der Waals surface area contributed by atoms with Gasteiger partial charge in [0.1, 0.15) is 22.8 Å². The summed E-state index contributed by atoms with van der Waals surface area (Å²) < 4.78 is 69.7. The smallest absolute Gasteiger partial charge is 0.430 e. The second-order valence-electron chi connectivity index (χ2n) is 10.7. The zero-order chi connectivity index (χ0) is 28.6. The Morgan fingerprint density at radius 3 is 2.54 bits per heavy atom. The maximum Gasteiger partial charge on any atom is 0.430 e. The van der Waals surface area contributed by atoms with E-state index in [1.54, 1.807) is 20.8 Å². The second kappa shape index (κ2) is 10.8. The molecular weight excluding hydrogens is 548 g/mol. The summed E-state index contributed by atoms with van der Waals surface area (Å²) in [4.78, 5) is 17.7. The first kappa shape index (κ1) is 28.9. The highest BCUT2D eigenvalue weighted by molar-refractivity contribution is 7.93. The third-order valence-corrected chi connectivity index (χ3v) is 8.46. The van der Waals surface area contributed by atoms with Crippen molar-refractivity contribution < 1.29 is 31.5 Å². The highest BCUT2D eigenvalue weighted by atomic mass is 32.2. The summed E-state index contributed by atoms with van der Waals surface area (Å²) in [5, 5.41) is 1.27. The number of carbonyl (C=O) groups is 1. The number of hydrogen-bond acceptors (Lipinski definition) is 8. The van der Waals surface area contributed by atoms with E-state index in [0.29, 0.717) is 19.5 Å². The molecule has 2 heterocycles. The molecule has 1 amide bonds. The minimum Gasteiger partial charge on any atom is -0.486 e. The molecule has 8 nitrogen and oxygen atoms in total. The van der Waals surface area contributed by atoms with Gasteiger partial charge in [-0.15, -0.1) is 15.6 Å². The van der Waals surface area contributed by atoms with Crippen molar-refractivity contribution in [1.82, 2.24) is 9.88 Å². The van der Waals surface area contributed by atoms with Gasteiger partial charge in [-0.25, -0.2) is 27.0 Å². The van der Waals surface area contributed by atoms with E-state index in [2.05, 4.69) is 9.88 Å². The molecule has 0 aliphatic carbocycles. The average Bonchev–Trinajstić information content (AvgIpc) is 3.46. The highest BCUT2D eigenvalue weighted by Crippen LogP contribution is 2.37. The summed E-state index contributed by atoms with van der Waals surface area (Å²) in [5.41, 5.74) is 0.415. The number of carbonyl (C=O) groups excluding carboxylic acids is 1. The van der Waals surface area contributed by atoms with Crippen molar-refractivity contribution in [1.29, 1.82) is 0 Å². The van der Waals surface area contributed by atoms with Crippen molar-refractivity contribution in [2.75, 3.05) is 17.4 Å². The van der Waals surface area contributed by atoms with Crippen LogP contribution in [0.3, 0.4) is 0 Å². The Morgan fingerprint density at radius 1 is 1.23 bits per heavy atom. The molecule has 1 aliphatic rings. The van der Waals surface area contributed by atoms with Crippen LogP contribution in [0.2, 0.25) is 0 Å².